The number of carbonyl (C=O) groups excluding carboxylic acids is 2. The molecular formula is C22H22BrN4O3+. The van der Waals surface area contributed by atoms with Crippen molar-refractivity contribution in [2.24, 2.45) is 5.92 Å². The maximum atomic E-state index is 13.2. The highest BCUT2D eigenvalue weighted by molar-refractivity contribution is 9.10. The van der Waals surface area contributed by atoms with Gasteiger partial charge in [-0.25, -0.2) is 4.79 Å². The van der Waals surface area contributed by atoms with Gasteiger partial charge in [-0.1, -0.05) is 52.7 Å². The molecule has 0 saturated heterocycles. The number of hydrogen-bond acceptors (Lipinski definition) is 5. The average molecular weight is 470 g/mol. The summed E-state index contributed by atoms with van der Waals surface area (Å²) in [5.41, 5.74) is 1.46. The first-order valence-corrected chi connectivity index (χ1v) is 10.8. The quantitative estimate of drug-likeness (QED) is 0.444. The molecule has 0 saturated carbocycles. The molecule has 8 heteroatoms. The standard InChI is InChI=1S/C22H22BrN4O3/c1-2-3-6-13-26-21(28)17-7-4-5-8-18(17)27(22(26)29)14-19-24-20(25-30-19)15-9-11-16(23)12-10-15/h4-5,7-12,17H,2-3,6,13-14H2,1H3/q+1. The second-order valence-corrected chi connectivity index (χ2v) is 8.15. The van der Waals surface area contributed by atoms with Gasteiger partial charge in [0.2, 0.25) is 5.82 Å². The minimum Gasteiger partial charge on any atom is -0.335 e. The first kappa shape index (κ1) is 20.4. The highest BCUT2D eigenvalue weighted by Gasteiger charge is 2.46. The van der Waals surface area contributed by atoms with Gasteiger partial charge in [0.1, 0.15) is 11.6 Å². The molecule has 30 heavy (non-hydrogen) atoms. The number of halogens is 1. The highest BCUT2D eigenvalue weighted by Crippen LogP contribution is 2.23. The molecule has 1 aromatic carbocycles. The van der Waals surface area contributed by atoms with Gasteiger partial charge in [0.25, 0.3) is 5.89 Å². The number of urea groups is 1. The Morgan fingerprint density at radius 3 is 2.73 bits per heavy atom. The molecule has 1 unspecified atom stereocenters. The summed E-state index contributed by atoms with van der Waals surface area (Å²) in [6.45, 7) is 2.62. The lowest BCUT2D eigenvalue weighted by molar-refractivity contribution is -0.460. The monoisotopic (exact) mass is 469 g/mol. The summed E-state index contributed by atoms with van der Waals surface area (Å²) in [4.78, 5) is 31.9. The van der Waals surface area contributed by atoms with Crippen LogP contribution in [0.2, 0.25) is 0 Å². The summed E-state index contributed by atoms with van der Waals surface area (Å²) in [7, 11) is 0. The Morgan fingerprint density at radius 1 is 1.17 bits per heavy atom. The first-order chi connectivity index (χ1) is 14.6. The molecule has 2 heterocycles. The van der Waals surface area contributed by atoms with Crippen LogP contribution in [0.3, 0.4) is 0 Å². The van der Waals surface area contributed by atoms with Crippen LogP contribution in [0.5, 0.6) is 0 Å². The van der Waals surface area contributed by atoms with Gasteiger partial charge in [0, 0.05) is 10.0 Å². The largest absolute Gasteiger partial charge is 0.501 e. The number of unbranched alkanes of at least 4 members (excludes halogenated alkanes) is 2. The third kappa shape index (κ3) is 4.05. The molecule has 1 aliphatic carbocycles. The van der Waals surface area contributed by atoms with Crippen molar-refractivity contribution in [2.45, 2.75) is 32.7 Å². The number of aromatic nitrogens is 2. The molecule has 4 rings (SSSR count). The molecule has 154 valence electrons. The van der Waals surface area contributed by atoms with E-state index in [9.17, 15) is 9.59 Å². The summed E-state index contributed by atoms with van der Waals surface area (Å²) in [5, 5.41) is 4.04. The second-order valence-electron chi connectivity index (χ2n) is 7.23. The highest BCUT2D eigenvalue weighted by atomic mass is 79.9. The molecule has 0 N–H and O–H groups in total. The number of amides is 3. The van der Waals surface area contributed by atoms with E-state index in [1.807, 2.05) is 42.5 Å². The van der Waals surface area contributed by atoms with E-state index in [1.54, 1.807) is 10.7 Å². The number of imide groups is 1. The van der Waals surface area contributed by atoms with Gasteiger partial charge in [-0.15, -0.1) is 0 Å². The van der Waals surface area contributed by atoms with Crippen molar-refractivity contribution in [2.75, 3.05) is 6.54 Å². The number of allylic oxidation sites excluding steroid dienone is 3. The number of hydrogen-bond donors (Lipinski definition) is 0. The van der Waals surface area contributed by atoms with Gasteiger partial charge < -0.3 is 4.52 Å². The van der Waals surface area contributed by atoms with Crippen LogP contribution < -0.4 is 0 Å². The van der Waals surface area contributed by atoms with Crippen LogP contribution >= 0.6 is 15.9 Å². The average Bonchev–Trinajstić information content (AvgIpc) is 3.23. The van der Waals surface area contributed by atoms with Crippen LogP contribution in [-0.4, -0.2) is 43.8 Å². The Kier molecular flexibility index (Phi) is 6.03. The number of carbonyl (C=O) groups is 2. The van der Waals surface area contributed by atoms with Crippen LogP contribution in [0, 0.1) is 5.92 Å². The smallest absolute Gasteiger partial charge is 0.335 e. The summed E-state index contributed by atoms with van der Waals surface area (Å²) in [6, 6.07) is 7.24. The van der Waals surface area contributed by atoms with E-state index < -0.39 is 5.92 Å². The normalized spacial score (nSPS) is 18.3. The molecule has 0 radical (unpaired) electrons. The van der Waals surface area contributed by atoms with E-state index in [0.717, 1.165) is 29.3 Å². The molecule has 0 spiro atoms. The van der Waals surface area contributed by atoms with E-state index in [-0.39, 0.29) is 18.5 Å². The Balaban J connectivity index is 1.62. The number of nitrogens with zero attached hydrogens (tertiary/aromatic N) is 4. The third-order valence-corrected chi connectivity index (χ3v) is 5.68. The summed E-state index contributed by atoms with van der Waals surface area (Å²) >= 11 is 3.41. The van der Waals surface area contributed by atoms with Gasteiger partial charge in [-0.05, 0) is 43.2 Å². The second kappa shape index (κ2) is 8.87. The number of benzene rings is 1. The van der Waals surface area contributed by atoms with E-state index in [2.05, 4.69) is 33.0 Å². The SMILES string of the molecule is CCCCCN1C(=O)C2C=CC=CC2=[N+](Cc2nc(-c3ccc(Br)cc3)no2)C1=O. The Hall–Kier alpha value is -2.87. The van der Waals surface area contributed by atoms with Crippen molar-refractivity contribution in [1.29, 1.82) is 0 Å². The molecule has 1 atom stereocenters. The van der Waals surface area contributed by atoms with E-state index in [4.69, 9.17) is 4.52 Å². The van der Waals surface area contributed by atoms with Crippen molar-refractivity contribution >= 4 is 33.6 Å². The molecule has 1 aromatic heterocycles. The maximum absolute atomic E-state index is 13.2. The Bertz CT molecular complexity index is 1050. The lowest BCUT2D eigenvalue weighted by atomic mass is 9.94. The van der Waals surface area contributed by atoms with Gasteiger partial charge in [-0.3, -0.25) is 0 Å². The lowest BCUT2D eigenvalue weighted by Crippen LogP contribution is -2.54. The zero-order valence-electron chi connectivity index (χ0n) is 16.6. The predicted octanol–water partition coefficient (Wildman–Crippen LogP) is 4.35. The summed E-state index contributed by atoms with van der Waals surface area (Å²) in [6.07, 6.45) is 10.1. The lowest BCUT2D eigenvalue weighted by Gasteiger charge is -2.26. The fourth-order valence-electron chi connectivity index (χ4n) is 3.57. The third-order valence-electron chi connectivity index (χ3n) is 5.16. The van der Waals surface area contributed by atoms with E-state index >= 15 is 0 Å². The van der Waals surface area contributed by atoms with Crippen molar-refractivity contribution < 1.29 is 18.7 Å². The predicted molar refractivity (Wildman–Crippen MR) is 115 cm³/mol. The molecule has 2 aromatic rings. The van der Waals surface area contributed by atoms with Crippen molar-refractivity contribution in [1.82, 2.24) is 15.0 Å². The van der Waals surface area contributed by atoms with Crippen LogP contribution in [0.1, 0.15) is 32.1 Å². The topological polar surface area (TPSA) is 79.3 Å². The molecular weight excluding hydrogens is 448 g/mol. The fourth-order valence-corrected chi connectivity index (χ4v) is 3.84. The molecule has 0 bridgehead atoms. The molecule has 7 nitrogen and oxygen atoms in total. The molecule has 2 aliphatic rings. The minimum absolute atomic E-state index is 0.115. The Morgan fingerprint density at radius 2 is 1.97 bits per heavy atom. The van der Waals surface area contributed by atoms with Crippen LogP contribution in [0.4, 0.5) is 4.79 Å². The minimum atomic E-state index is -0.469. The molecule has 1 aliphatic heterocycles. The van der Waals surface area contributed by atoms with Crippen molar-refractivity contribution in [3.8, 4) is 11.4 Å². The zero-order chi connectivity index (χ0) is 21.1. The van der Waals surface area contributed by atoms with Crippen LogP contribution in [0.15, 0.2) is 57.6 Å². The van der Waals surface area contributed by atoms with Crippen molar-refractivity contribution in [3.05, 3.63) is 58.9 Å². The van der Waals surface area contributed by atoms with Gasteiger partial charge in [0.05, 0.1) is 6.54 Å². The van der Waals surface area contributed by atoms with Gasteiger partial charge >= 0.3 is 11.9 Å². The van der Waals surface area contributed by atoms with E-state index in [1.165, 1.54) is 4.90 Å². The maximum Gasteiger partial charge on any atom is 0.501 e. The van der Waals surface area contributed by atoms with Gasteiger partial charge in [-0.2, -0.15) is 19.3 Å². The molecule has 3 amide bonds. The first-order valence-electron chi connectivity index (χ1n) is 10.0. The van der Waals surface area contributed by atoms with Crippen molar-refractivity contribution in [3.63, 3.8) is 0 Å². The summed E-state index contributed by atoms with van der Waals surface area (Å²) < 4.78 is 7.94. The van der Waals surface area contributed by atoms with Crippen LogP contribution in [-0.2, 0) is 11.3 Å². The van der Waals surface area contributed by atoms with E-state index in [0.29, 0.717) is 24.0 Å². The van der Waals surface area contributed by atoms with Gasteiger partial charge in [0.15, 0.2) is 6.54 Å². The fraction of sp³-hybridized carbons (Fsp3) is 0.318. The number of rotatable bonds is 7. The Labute approximate surface area is 182 Å². The van der Waals surface area contributed by atoms with Crippen LogP contribution in [0.25, 0.3) is 11.4 Å². The zero-order valence-corrected chi connectivity index (χ0v) is 18.2. The number of fused-ring (bicyclic) bond motifs is 1. The molecule has 0 fully saturated rings. The summed E-state index contributed by atoms with van der Waals surface area (Å²) in [5.74, 6) is 0.129.